The largest absolute Gasteiger partial charge is 0.481 e. The molecule has 9 heavy (non-hydrogen) atoms. The van der Waals surface area contributed by atoms with Crippen LogP contribution in [0.15, 0.2) is 0 Å². The second-order valence-electron chi connectivity index (χ2n) is 1.04. The summed E-state index contributed by atoms with van der Waals surface area (Å²) >= 11 is 0. The Morgan fingerprint density at radius 3 is 1.00 bits per heavy atom. The number of aliphatic carboxylic acids is 2. The van der Waals surface area contributed by atoms with Crippen LogP contribution in [0.4, 0.5) is 0 Å². The van der Waals surface area contributed by atoms with Crippen molar-refractivity contribution in [2.45, 2.75) is 13.8 Å². The van der Waals surface area contributed by atoms with Gasteiger partial charge in [0.05, 0.1) is 0 Å². The summed E-state index contributed by atoms with van der Waals surface area (Å²) in [5, 5.41) is 14.8. The number of carbonyl (C=O) groups is 2. The molecule has 5 heteroatoms. The zero-order chi connectivity index (χ0) is 7.15. The van der Waals surface area contributed by atoms with Crippen molar-refractivity contribution < 1.29 is 19.8 Å². The predicted octanol–water partition coefficient (Wildman–Crippen LogP) is -0.199. The topological polar surface area (TPSA) is 74.6 Å². The van der Waals surface area contributed by atoms with Gasteiger partial charge in [0.25, 0.3) is 11.9 Å². The van der Waals surface area contributed by atoms with Crippen LogP contribution in [-0.2, 0) is 9.59 Å². The average Bonchev–Trinajstić information content (AvgIpc) is 1.25. The maximum Gasteiger partial charge on any atom is 0.300 e. The summed E-state index contributed by atoms with van der Waals surface area (Å²) in [5.41, 5.74) is 0. The minimum Gasteiger partial charge on any atom is -0.481 e. The van der Waals surface area contributed by atoms with Gasteiger partial charge in [-0.25, -0.2) is 0 Å². The third-order valence-electron chi connectivity index (χ3n) is 0. The molecule has 2 N–H and O–H groups in total. The van der Waals surface area contributed by atoms with Crippen LogP contribution >= 0.6 is 0 Å². The first-order valence-corrected chi connectivity index (χ1v) is 1.86. The zero-order valence-corrected chi connectivity index (χ0v) is 7.63. The van der Waals surface area contributed by atoms with Crippen LogP contribution < -0.4 is 0 Å². The summed E-state index contributed by atoms with van der Waals surface area (Å²) in [4.78, 5) is 18.0. The summed E-state index contributed by atoms with van der Waals surface area (Å²) in [6, 6.07) is 0. The SMILES string of the molecule is CC(=O)O.CC(=O)O.[Ca]. The Labute approximate surface area is 82.9 Å². The van der Waals surface area contributed by atoms with Gasteiger partial charge in [-0.1, -0.05) is 0 Å². The molecule has 0 spiro atoms. The molecule has 0 amide bonds. The first kappa shape index (κ1) is 16.1. The Kier molecular flexibility index (Phi) is 19.8. The number of hydrogen-bond acceptors (Lipinski definition) is 2. The van der Waals surface area contributed by atoms with E-state index in [9.17, 15) is 0 Å². The van der Waals surface area contributed by atoms with E-state index in [0.29, 0.717) is 0 Å². The van der Waals surface area contributed by atoms with Gasteiger partial charge in [0.15, 0.2) is 0 Å². The molecule has 0 aromatic heterocycles. The molecule has 0 aromatic rings. The monoisotopic (exact) mass is 160 g/mol. The fourth-order valence-corrected chi connectivity index (χ4v) is 0. The summed E-state index contributed by atoms with van der Waals surface area (Å²) in [6.07, 6.45) is 0. The third-order valence-corrected chi connectivity index (χ3v) is 0. The van der Waals surface area contributed by atoms with E-state index in [1.54, 1.807) is 0 Å². The van der Waals surface area contributed by atoms with E-state index >= 15 is 0 Å². The summed E-state index contributed by atoms with van der Waals surface area (Å²) < 4.78 is 0. The molecule has 0 saturated carbocycles. The van der Waals surface area contributed by atoms with Gasteiger partial charge in [0, 0.05) is 51.6 Å². The quantitative estimate of drug-likeness (QED) is 0.481. The first-order chi connectivity index (χ1) is 3.46. The maximum absolute atomic E-state index is 9.00. The molecular formula is C4H8CaO4. The van der Waals surface area contributed by atoms with E-state index in [4.69, 9.17) is 19.8 Å². The standard InChI is InChI=1S/2C2H4O2.Ca/c2*1-2(3)4;/h2*1H3,(H,3,4);. The predicted molar refractivity (Wildman–Crippen MR) is 32.4 cm³/mol. The van der Waals surface area contributed by atoms with Gasteiger partial charge in [0.2, 0.25) is 0 Å². The van der Waals surface area contributed by atoms with Crippen molar-refractivity contribution in [2.75, 3.05) is 0 Å². The van der Waals surface area contributed by atoms with E-state index in [2.05, 4.69) is 0 Å². The Morgan fingerprint density at radius 1 is 1.00 bits per heavy atom. The maximum atomic E-state index is 9.00. The smallest absolute Gasteiger partial charge is 0.300 e. The van der Waals surface area contributed by atoms with E-state index in [1.807, 2.05) is 0 Å². The van der Waals surface area contributed by atoms with Crippen LogP contribution in [0, 0.1) is 0 Å². The van der Waals surface area contributed by atoms with Crippen molar-refractivity contribution in [3.8, 4) is 0 Å². The molecule has 4 nitrogen and oxygen atoms in total. The number of carboxylic acids is 2. The molecular weight excluding hydrogens is 152 g/mol. The molecule has 0 saturated heterocycles. The van der Waals surface area contributed by atoms with Gasteiger partial charge in [-0.05, 0) is 0 Å². The van der Waals surface area contributed by atoms with E-state index < -0.39 is 11.9 Å². The van der Waals surface area contributed by atoms with E-state index in [0.717, 1.165) is 13.8 Å². The Hall–Kier alpha value is 0.200. The molecule has 0 aromatic carbocycles. The molecule has 0 heterocycles. The number of rotatable bonds is 0. The molecule has 0 bridgehead atoms. The van der Waals surface area contributed by atoms with Gasteiger partial charge in [-0.15, -0.1) is 0 Å². The van der Waals surface area contributed by atoms with Crippen LogP contribution in [0.25, 0.3) is 0 Å². The van der Waals surface area contributed by atoms with Crippen molar-refractivity contribution in [1.82, 2.24) is 0 Å². The van der Waals surface area contributed by atoms with E-state index in [-0.39, 0.29) is 37.7 Å². The van der Waals surface area contributed by atoms with Crippen LogP contribution in [0.3, 0.4) is 0 Å². The Morgan fingerprint density at radius 2 is 1.00 bits per heavy atom. The molecule has 0 unspecified atom stereocenters. The van der Waals surface area contributed by atoms with Crippen molar-refractivity contribution in [2.24, 2.45) is 0 Å². The van der Waals surface area contributed by atoms with Gasteiger partial charge in [0.1, 0.15) is 0 Å². The summed E-state index contributed by atoms with van der Waals surface area (Å²) in [7, 11) is 0. The van der Waals surface area contributed by atoms with Crippen LogP contribution in [0.5, 0.6) is 0 Å². The van der Waals surface area contributed by atoms with Crippen molar-refractivity contribution in [3.63, 3.8) is 0 Å². The normalized spacial score (nSPS) is 5.56. The van der Waals surface area contributed by atoms with Gasteiger partial charge in [-0.3, -0.25) is 9.59 Å². The van der Waals surface area contributed by atoms with Crippen LogP contribution in [0.1, 0.15) is 13.8 Å². The zero-order valence-electron chi connectivity index (χ0n) is 5.42. The van der Waals surface area contributed by atoms with Crippen molar-refractivity contribution in [1.29, 1.82) is 0 Å². The van der Waals surface area contributed by atoms with Gasteiger partial charge < -0.3 is 10.2 Å². The van der Waals surface area contributed by atoms with Crippen LogP contribution in [0.2, 0.25) is 0 Å². The second kappa shape index (κ2) is 11.1. The third kappa shape index (κ3) is 7900. The fourth-order valence-electron chi connectivity index (χ4n) is 0. The van der Waals surface area contributed by atoms with Gasteiger partial charge >= 0.3 is 0 Å². The summed E-state index contributed by atoms with van der Waals surface area (Å²) in [6.45, 7) is 2.17. The Bertz CT molecular complexity index is 70.6. The molecule has 0 atom stereocenters. The molecule has 0 aliphatic carbocycles. The van der Waals surface area contributed by atoms with E-state index in [1.165, 1.54) is 0 Å². The molecule has 0 fully saturated rings. The van der Waals surface area contributed by atoms with Crippen molar-refractivity contribution in [3.05, 3.63) is 0 Å². The van der Waals surface area contributed by atoms with Crippen molar-refractivity contribution >= 4 is 49.7 Å². The first-order valence-electron chi connectivity index (χ1n) is 1.86. The number of carboxylic acid groups (broad SMARTS) is 2. The second-order valence-corrected chi connectivity index (χ2v) is 1.04. The molecule has 0 aliphatic rings. The number of hydrogen-bond donors (Lipinski definition) is 2. The minimum atomic E-state index is -0.833. The molecule has 50 valence electrons. The summed E-state index contributed by atoms with van der Waals surface area (Å²) in [5.74, 6) is -1.67. The minimum absolute atomic E-state index is 0. The van der Waals surface area contributed by atoms with Crippen LogP contribution in [-0.4, -0.2) is 59.9 Å². The Balaban J connectivity index is -0.0000000720. The molecule has 2 radical (unpaired) electrons. The van der Waals surface area contributed by atoms with Gasteiger partial charge in [-0.2, -0.15) is 0 Å². The fraction of sp³-hybridized carbons (Fsp3) is 0.500. The molecule has 0 rings (SSSR count). The average molecular weight is 160 g/mol. The molecule has 0 aliphatic heterocycles.